The third-order valence-electron chi connectivity index (χ3n) is 4.79. The molecule has 0 radical (unpaired) electrons. The molecule has 0 saturated carbocycles. The van der Waals surface area contributed by atoms with Gasteiger partial charge in [-0.05, 0) is 25.1 Å². The molecule has 1 aromatic carbocycles. The standard InChI is InChI=1S/C17H22N6/c1-21-8-10-22(11-9-21)16-15(18)17(20-12-19-16)23-7-6-13-4-2-3-5-14(13)23/h2-5,12H,6-11,18H2,1H3. The predicted octanol–water partition coefficient (Wildman–Crippen LogP) is 1.50. The number of aromatic nitrogens is 2. The number of piperazine rings is 1. The third kappa shape index (κ3) is 2.49. The maximum atomic E-state index is 6.46. The van der Waals surface area contributed by atoms with Gasteiger partial charge in [0.2, 0.25) is 0 Å². The zero-order chi connectivity index (χ0) is 15.8. The van der Waals surface area contributed by atoms with E-state index in [1.807, 2.05) is 0 Å². The van der Waals surface area contributed by atoms with Gasteiger partial charge in [0.1, 0.15) is 12.0 Å². The Labute approximate surface area is 136 Å². The van der Waals surface area contributed by atoms with E-state index in [4.69, 9.17) is 5.73 Å². The summed E-state index contributed by atoms with van der Waals surface area (Å²) < 4.78 is 0. The number of hydrogen-bond acceptors (Lipinski definition) is 6. The molecule has 6 nitrogen and oxygen atoms in total. The van der Waals surface area contributed by atoms with Crippen LogP contribution in [0, 0.1) is 0 Å². The van der Waals surface area contributed by atoms with E-state index in [1.165, 1.54) is 11.3 Å². The van der Waals surface area contributed by atoms with Crippen molar-refractivity contribution in [3.63, 3.8) is 0 Å². The molecule has 1 saturated heterocycles. The predicted molar refractivity (Wildman–Crippen MR) is 93.3 cm³/mol. The molecule has 2 N–H and O–H groups in total. The van der Waals surface area contributed by atoms with Crippen LogP contribution in [0.25, 0.3) is 0 Å². The number of hydrogen-bond donors (Lipinski definition) is 1. The highest BCUT2D eigenvalue weighted by molar-refractivity contribution is 5.81. The Bertz CT molecular complexity index is 708. The summed E-state index contributed by atoms with van der Waals surface area (Å²) in [6, 6.07) is 8.46. The molecule has 0 aliphatic carbocycles. The van der Waals surface area contributed by atoms with Crippen LogP contribution in [-0.4, -0.2) is 54.6 Å². The van der Waals surface area contributed by atoms with E-state index >= 15 is 0 Å². The number of benzene rings is 1. The zero-order valence-electron chi connectivity index (χ0n) is 13.4. The Hall–Kier alpha value is -2.34. The first-order valence-electron chi connectivity index (χ1n) is 8.13. The molecule has 23 heavy (non-hydrogen) atoms. The second-order valence-corrected chi connectivity index (χ2v) is 6.26. The number of para-hydroxylation sites is 1. The molecule has 4 rings (SSSR count). The molecule has 0 spiro atoms. The SMILES string of the molecule is CN1CCN(c2ncnc(N3CCc4ccccc43)c2N)CC1. The summed E-state index contributed by atoms with van der Waals surface area (Å²) in [5.74, 6) is 1.70. The van der Waals surface area contributed by atoms with Crippen molar-refractivity contribution in [3.8, 4) is 0 Å². The zero-order valence-corrected chi connectivity index (χ0v) is 13.4. The van der Waals surface area contributed by atoms with Crippen LogP contribution in [0.1, 0.15) is 5.56 Å². The van der Waals surface area contributed by atoms with Crippen LogP contribution < -0.4 is 15.5 Å². The number of nitrogens with zero attached hydrogens (tertiary/aromatic N) is 5. The average Bonchev–Trinajstić information content (AvgIpc) is 3.00. The van der Waals surface area contributed by atoms with E-state index in [0.29, 0.717) is 5.69 Å². The van der Waals surface area contributed by atoms with Gasteiger partial charge >= 0.3 is 0 Å². The molecule has 0 amide bonds. The molecule has 0 unspecified atom stereocenters. The topological polar surface area (TPSA) is 61.5 Å². The number of likely N-dealkylation sites (N-methyl/N-ethyl adjacent to an activating group) is 1. The largest absolute Gasteiger partial charge is 0.393 e. The van der Waals surface area contributed by atoms with E-state index in [9.17, 15) is 0 Å². The lowest BCUT2D eigenvalue weighted by Gasteiger charge is -2.34. The Morgan fingerprint density at radius 1 is 0.957 bits per heavy atom. The minimum atomic E-state index is 0.689. The fourth-order valence-corrected chi connectivity index (χ4v) is 3.42. The number of rotatable bonds is 2. The third-order valence-corrected chi connectivity index (χ3v) is 4.79. The molecule has 1 aromatic heterocycles. The van der Waals surface area contributed by atoms with Gasteiger partial charge in [0.25, 0.3) is 0 Å². The van der Waals surface area contributed by atoms with Crippen molar-refractivity contribution in [2.75, 3.05) is 55.3 Å². The van der Waals surface area contributed by atoms with Crippen molar-refractivity contribution in [2.45, 2.75) is 6.42 Å². The second kappa shape index (κ2) is 5.70. The van der Waals surface area contributed by atoms with E-state index in [2.05, 4.69) is 56.0 Å². The van der Waals surface area contributed by atoms with Crippen LogP contribution in [0.15, 0.2) is 30.6 Å². The minimum Gasteiger partial charge on any atom is -0.393 e. The van der Waals surface area contributed by atoms with Crippen molar-refractivity contribution in [1.29, 1.82) is 0 Å². The van der Waals surface area contributed by atoms with Crippen LogP contribution in [0.5, 0.6) is 0 Å². The number of anilines is 4. The van der Waals surface area contributed by atoms with Gasteiger partial charge in [-0.2, -0.15) is 0 Å². The summed E-state index contributed by atoms with van der Waals surface area (Å²) in [6.07, 6.45) is 2.67. The first-order chi connectivity index (χ1) is 11.2. The van der Waals surface area contributed by atoms with Gasteiger partial charge in [-0.3, -0.25) is 0 Å². The van der Waals surface area contributed by atoms with Gasteiger partial charge in [0.05, 0.1) is 0 Å². The normalized spacial score (nSPS) is 18.3. The van der Waals surface area contributed by atoms with Gasteiger partial charge in [-0.1, -0.05) is 18.2 Å². The van der Waals surface area contributed by atoms with Crippen LogP contribution >= 0.6 is 0 Å². The van der Waals surface area contributed by atoms with Crippen LogP contribution in [-0.2, 0) is 6.42 Å². The van der Waals surface area contributed by atoms with Crippen molar-refractivity contribution < 1.29 is 0 Å². The summed E-state index contributed by atoms with van der Waals surface area (Å²) >= 11 is 0. The second-order valence-electron chi connectivity index (χ2n) is 6.26. The smallest absolute Gasteiger partial charge is 0.161 e. The van der Waals surface area contributed by atoms with Gasteiger partial charge in [-0.15, -0.1) is 0 Å². The number of nitrogens with two attached hydrogens (primary N) is 1. The van der Waals surface area contributed by atoms with Crippen LogP contribution in [0.2, 0.25) is 0 Å². The lowest BCUT2D eigenvalue weighted by Crippen LogP contribution is -2.45. The highest BCUT2D eigenvalue weighted by Gasteiger charge is 2.26. The van der Waals surface area contributed by atoms with Gasteiger partial charge in [0.15, 0.2) is 11.6 Å². The lowest BCUT2D eigenvalue weighted by molar-refractivity contribution is 0.312. The first-order valence-corrected chi connectivity index (χ1v) is 8.13. The van der Waals surface area contributed by atoms with Crippen LogP contribution in [0.3, 0.4) is 0 Å². The van der Waals surface area contributed by atoms with Gasteiger partial charge < -0.3 is 20.4 Å². The fourth-order valence-electron chi connectivity index (χ4n) is 3.42. The molecule has 2 aliphatic heterocycles. The van der Waals surface area contributed by atoms with Crippen molar-refractivity contribution in [1.82, 2.24) is 14.9 Å². The summed E-state index contributed by atoms with van der Waals surface area (Å²) in [4.78, 5) is 15.7. The summed E-state index contributed by atoms with van der Waals surface area (Å²) in [6.45, 7) is 4.89. The van der Waals surface area contributed by atoms with E-state index < -0.39 is 0 Å². The van der Waals surface area contributed by atoms with E-state index in [-0.39, 0.29) is 0 Å². The molecule has 2 aromatic rings. The van der Waals surface area contributed by atoms with Crippen molar-refractivity contribution >= 4 is 23.0 Å². The molecule has 0 bridgehead atoms. The molecule has 0 atom stereocenters. The lowest BCUT2D eigenvalue weighted by atomic mass is 10.2. The molecular formula is C17H22N6. The fraction of sp³-hybridized carbons (Fsp3) is 0.412. The van der Waals surface area contributed by atoms with Gasteiger partial charge in [-0.25, -0.2) is 9.97 Å². The number of nitrogen functional groups attached to an aromatic ring is 1. The Kier molecular flexibility index (Phi) is 3.53. The molecule has 6 heteroatoms. The summed E-state index contributed by atoms with van der Waals surface area (Å²) in [5, 5.41) is 0. The summed E-state index contributed by atoms with van der Waals surface area (Å²) in [5.41, 5.74) is 9.72. The first kappa shape index (κ1) is 14.3. The monoisotopic (exact) mass is 310 g/mol. The summed E-state index contributed by atoms with van der Waals surface area (Å²) in [7, 11) is 2.15. The molecule has 2 aliphatic rings. The molecular weight excluding hydrogens is 288 g/mol. The maximum Gasteiger partial charge on any atom is 0.161 e. The Morgan fingerprint density at radius 2 is 1.70 bits per heavy atom. The highest BCUT2D eigenvalue weighted by Crippen LogP contribution is 2.38. The Morgan fingerprint density at radius 3 is 2.52 bits per heavy atom. The molecule has 1 fully saturated rings. The van der Waals surface area contributed by atoms with Crippen molar-refractivity contribution in [3.05, 3.63) is 36.2 Å². The maximum absolute atomic E-state index is 6.46. The molecule has 3 heterocycles. The Balaban J connectivity index is 1.67. The molecule has 120 valence electrons. The van der Waals surface area contributed by atoms with E-state index in [1.54, 1.807) is 6.33 Å². The number of fused-ring (bicyclic) bond motifs is 1. The van der Waals surface area contributed by atoms with Gasteiger partial charge in [0, 0.05) is 38.4 Å². The average molecular weight is 310 g/mol. The van der Waals surface area contributed by atoms with Crippen LogP contribution in [0.4, 0.5) is 23.0 Å². The highest BCUT2D eigenvalue weighted by atomic mass is 15.3. The van der Waals surface area contributed by atoms with E-state index in [0.717, 1.165) is 50.8 Å². The van der Waals surface area contributed by atoms with Crippen molar-refractivity contribution in [2.24, 2.45) is 0 Å². The minimum absolute atomic E-state index is 0.689. The quantitative estimate of drug-likeness (QED) is 0.907.